The molecule has 0 unspecified atom stereocenters. The molecule has 1 aliphatic carbocycles. The predicted octanol–water partition coefficient (Wildman–Crippen LogP) is 6.88. The summed E-state index contributed by atoms with van der Waals surface area (Å²) in [6.07, 6.45) is 7.72. The molecule has 0 amide bonds. The standard InChI is InChI=1S/C23H24NS2/c1-14-12-17(16-6-4-5-7-16)13-19(15(14)2)21-23-18(8-10-24(21)3)22-20(26-23)9-11-25-22/h8-13,16H,4-7H2,1-3H3/q+1. The van der Waals surface area contributed by atoms with Gasteiger partial charge in [0.25, 0.3) is 0 Å². The molecule has 4 aromatic rings. The fourth-order valence-corrected chi connectivity index (χ4v) is 6.96. The lowest BCUT2D eigenvalue weighted by Gasteiger charge is -2.15. The minimum atomic E-state index is 0.754. The lowest BCUT2D eigenvalue weighted by atomic mass is 9.90. The van der Waals surface area contributed by atoms with Gasteiger partial charge in [0.05, 0.1) is 10.3 Å². The number of aryl methyl sites for hydroxylation is 2. The molecule has 3 heteroatoms. The van der Waals surface area contributed by atoms with E-state index >= 15 is 0 Å². The summed E-state index contributed by atoms with van der Waals surface area (Å²) in [5.41, 5.74) is 7.22. The Morgan fingerprint density at radius 3 is 2.65 bits per heavy atom. The minimum Gasteiger partial charge on any atom is -0.200 e. The molecule has 0 aliphatic heterocycles. The average Bonchev–Trinajstić information content (AvgIpc) is 3.34. The highest BCUT2D eigenvalue weighted by Gasteiger charge is 2.24. The highest BCUT2D eigenvalue weighted by Crippen LogP contribution is 2.43. The molecule has 0 atom stereocenters. The van der Waals surface area contributed by atoms with E-state index in [1.165, 1.54) is 67.6 Å². The van der Waals surface area contributed by atoms with Crippen molar-refractivity contribution in [1.82, 2.24) is 0 Å². The van der Waals surface area contributed by atoms with Crippen molar-refractivity contribution in [2.45, 2.75) is 45.4 Å². The van der Waals surface area contributed by atoms with Gasteiger partial charge in [-0.3, -0.25) is 0 Å². The zero-order chi connectivity index (χ0) is 17.8. The number of hydrogen-bond acceptors (Lipinski definition) is 2. The first-order valence-corrected chi connectivity index (χ1v) is 11.2. The molecule has 1 nitrogen and oxygen atoms in total. The van der Waals surface area contributed by atoms with Gasteiger partial charge in [0, 0.05) is 16.2 Å². The first kappa shape index (κ1) is 16.5. The highest BCUT2D eigenvalue weighted by atomic mass is 32.1. The molecule has 0 spiro atoms. The molecule has 3 aromatic heterocycles. The molecule has 1 aromatic carbocycles. The van der Waals surface area contributed by atoms with Gasteiger partial charge in [-0.2, -0.15) is 4.57 Å². The number of rotatable bonds is 2. The van der Waals surface area contributed by atoms with Gasteiger partial charge in [0.15, 0.2) is 6.20 Å². The summed E-state index contributed by atoms with van der Waals surface area (Å²) < 4.78 is 6.61. The van der Waals surface area contributed by atoms with Crippen LogP contribution in [-0.2, 0) is 7.05 Å². The largest absolute Gasteiger partial charge is 0.230 e. The van der Waals surface area contributed by atoms with Gasteiger partial charge in [-0.05, 0) is 66.8 Å². The average molecular weight is 379 g/mol. The maximum absolute atomic E-state index is 2.50. The number of nitrogens with zero attached hydrogens (tertiary/aromatic N) is 1. The van der Waals surface area contributed by atoms with Crippen LogP contribution in [0.5, 0.6) is 0 Å². The van der Waals surface area contributed by atoms with E-state index in [4.69, 9.17) is 0 Å². The van der Waals surface area contributed by atoms with Crippen molar-refractivity contribution in [2.24, 2.45) is 7.05 Å². The predicted molar refractivity (Wildman–Crippen MR) is 115 cm³/mol. The fraction of sp³-hybridized carbons (Fsp3) is 0.348. The number of benzene rings is 1. The maximum atomic E-state index is 2.50. The Morgan fingerprint density at radius 2 is 1.85 bits per heavy atom. The molecule has 1 fully saturated rings. The normalized spacial score (nSPS) is 15.5. The maximum Gasteiger partial charge on any atom is 0.230 e. The quantitative estimate of drug-likeness (QED) is 0.335. The Labute approximate surface area is 162 Å². The molecule has 1 aliphatic rings. The van der Waals surface area contributed by atoms with E-state index in [0.29, 0.717) is 0 Å². The Kier molecular flexibility index (Phi) is 3.91. The summed E-state index contributed by atoms with van der Waals surface area (Å²) >= 11 is 3.81. The molecule has 132 valence electrons. The van der Waals surface area contributed by atoms with Crippen molar-refractivity contribution < 1.29 is 4.57 Å². The zero-order valence-electron chi connectivity index (χ0n) is 15.6. The van der Waals surface area contributed by atoms with Crippen LogP contribution in [0.1, 0.15) is 48.3 Å². The lowest BCUT2D eigenvalue weighted by molar-refractivity contribution is -0.659. The first-order valence-electron chi connectivity index (χ1n) is 9.53. The molecule has 26 heavy (non-hydrogen) atoms. The number of aromatic nitrogens is 1. The van der Waals surface area contributed by atoms with E-state index in [-0.39, 0.29) is 0 Å². The Bertz CT molecular complexity index is 1130. The minimum absolute atomic E-state index is 0.754. The molecule has 0 bridgehead atoms. The summed E-state index contributed by atoms with van der Waals surface area (Å²) in [5, 5.41) is 3.63. The van der Waals surface area contributed by atoms with Crippen LogP contribution >= 0.6 is 22.7 Å². The van der Waals surface area contributed by atoms with E-state index in [9.17, 15) is 0 Å². The summed E-state index contributed by atoms with van der Waals surface area (Å²) in [7, 11) is 2.19. The number of pyridine rings is 1. The Hall–Kier alpha value is -1.71. The van der Waals surface area contributed by atoms with E-state index in [0.717, 1.165) is 5.92 Å². The molecule has 5 rings (SSSR count). The second kappa shape index (κ2) is 6.17. The van der Waals surface area contributed by atoms with Crippen molar-refractivity contribution in [3.05, 3.63) is 52.5 Å². The summed E-state index contributed by atoms with van der Waals surface area (Å²) in [5.74, 6) is 0.754. The topological polar surface area (TPSA) is 3.88 Å². The van der Waals surface area contributed by atoms with Crippen molar-refractivity contribution in [2.75, 3.05) is 0 Å². The van der Waals surface area contributed by atoms with Gasteiger partial charge in [-0.25, -0.2) is 0 Å². The van der Waals surface area contributed by atoms with Crippen LogP contribution in [0.25, 0.3) is 30.7 Å². The molecule has 1 saturated carbocycles. The molecule has 0 radical (unpaired) electrons. The van der Waals surface area contributed by atoms with Crippen LogP contribution in [0, 0.1) is 13.8 Å². The van der Waals surface area contributed by atoms with E-state index < -0.39 is 0 Å². The van der Waals surface area contributed by atoms with Crippen LogP contribution in [0.2, 0.25) is 0 Å². The smallest absolute Gasteiger partial charge is 0.200 e. The fourth-order valence-electron chi connectivity index (χ4n) is 4.53. The van der Waals surface area contributed by atoms with Crippen LogP contribution in [0.15, 0.2) is 35.8 Å². The SMILES string of the molecule is Cc1cc(C2CCCC2)cc(-c2c3sc4ccsc4c3cc[n+]2C)c1C. The number of fused-ring (bicyclic) bond motifs is 3. The van der Waals surface area contributed by atoms with Gasteiger partial charge in [-0.15, -0.1) is 22.7 Å². The van der Waals surface area contributed by atoms with E-state index in [1.54, 1.807) is 5.56 Å². The summed E-state index contributed by atoms with van der Waals surface area (Å²) in [6.45, 7) is 4.57. The summed E-state index contributed by atoms with van der Waals surface area (Å²) in [4.78, 5) is 0. The molecule has 0 saturated heterocycles. The van der Waals surface area contributed by atoms with Crippen LogP contribution in [0.3, 0.4) is 0 Å². The van der Waals surface area contributed by atoms with Crippen LogP contribution in [-0.4, -0.2) is 0 Å². The summed E-state index contributed by atoms with van der Waals surface area (Å²) in [6, 6.07) is 9.50. The first-order chi connectivity index (χ1) is 12.6. The zero-order valence-corrected chi connectivity index (χ0v) is 17.3. The van der Waals surface area contributed by atoms with Gasteiger partial charge in [0.1, 0.15) is 11.7 Å². The molecular weight excluding hydrogens is 354 g/mol. The van der Waals surface area contributed by atoms with Crippen LogP contribution < -0.4 is 4.57 Å². The second-order valence-electron chi connectivity index (χ2n) is 7.73. The lowest BCUT2D eigenvalue weighted by Crippen LogP contribution is -2.30. The third kappa shape index (κ3) is 2.44. The van der Waals surface area contributed by atoms with Gasteiger partial charge in [-0.1, -0.05) is 18.9 Å². The Balaban J connectivity index is 1.80. The van der Waals surface area contributed by atoms with Gasteiger partial charge < -0.3 is 0 Å². The van der Waals surface area contributed by atoms with Crippen molar-refractivity contribution >= 4 is 42.2 Å². The molecule has 0 N–H and O–H groups in total. The van der Waals surface area contributed by atoms with Crippen LogP contribution in [0.4, 0.5) is 0 Å². The Morgan fingerprint density at radius 1 is 1.04 bits per heavy atom. The third-order valence-corrected chi connectivity index (χ3v) is 8.39. The third-order valence-electron chi connectivity index (χ3n) is 6.13. The number of thiophene rings is 2. The second-order valence-corrected chi connectivity index (χ2v) is 9.69. The highest BCUT2D eigenvalue weighted by molar-refractivity contribution is 7.32. The van der Waals surface area contributed by atoms with Gasteiger partial charge >= 0.3 is 0 Å². The molecule has 3 heterocycles. The van der Waals surface area contributed by atoms with Gasteiger partial charge in [0.2, 0.25) is 5.69 Å². The van der Waals surface area contributed by atoms with E-state index in [2.05, 4.69) is 61.3 Å². The van der Waals surface area contributed by atoms with Crippen molar-refractivity contribution in [3.8, 4) is 11.3 Å². The monoisotopic (exact) mass is 378 g/mol. The van der Waals surface area contributed by atoms with Crippen molar-refractivity contribution in [3.63, 3.8) is 0 Å². The number of hydrogen-bond donors (Lipinski definition) is 0. The van der Waals surface area contributed by atoms with Crippen molar-refractivity contribution in [1.29, 1.82) is 0 Å². The molecular formula is C23H24NS2+. The van der Waals surface area contributed by atoms with E-state index in [1.807, 2.05) is 22.7 Å².